The molecule has 1 aliphatic carbocycles. The van der Waals surface area contributed by atoms with Crippen LogP contribution < -0.4 is 15.4 Å². The van der Waals surface area contributed by atoms with E-state index in [0.717, 1.165) is 45.5 Å². The fraction of sp³-hybridized carbons (Fsp3) is 0.234. The molecule has 67 heavy (non-hydrogen) atoms. The molecule has 2 aromatic heterocycles. The molecule has 9 rings (SSSR count). The molecule has 15 nitrogen and oxygen atoms in total. The number of fused-ring (bicyclic) bond motifs is 1. The van der Waals surface area contributed by atoms with Gasteiger partial charge in [0, 0.05) is 16.9 Å². The van der Waals surface area contributed by atoms with Crippen molar-refractivity contribution >= 4 is 92.8 Å². The Hall–Kier alpha value is -6.19. The van der Waals surface area contributed by atoms with Gasteiger partial charge in [-0.25, -0.2) is 14.8 Å². The van der Waals surface area contributed by atoms with Crippen molar-refractivity contribution in [2.45, 2.75) is 50.6 Å². The Morgan fingerprint density at radius 2 is 1.55 bits per heavy atom. The van der Waals surface area contributed by atoms with Crippen molar-refractivity contribution in [3.05, 3.63) is 160 Å². The number of esters is 1. The molecule has 0 spiro atoms. The van der Waals surface area contributed by atoms with E-state index in [0.29, 0.717) is 44.5 Å². The van der Waals surface area contributed by atoms with Gasteiger partial charge in [-0.05, 0) is 64.3 Å². The van der Waals surface area contributed by atoms with E-state index in [1.54, 1.807) is 36.8 Å². The lowest BCUT2D eigenvalue weighted by molar-refractivity contribution is -0.153. The topological polar surface area (TPSA) is 195 Å². The van der Waals surface area contributed by atoms with Gasteiger partial charge in [0.15, 0.2) is 15.2 Å². The van der Waals surface area contributed by atoms with Crippen molar-refractivity contribution in [1.29, 1.82) is 0 Å². The number of aliphatic carboxylic acids is 1. The van der Waals surface area contributed by atoms with E-state index in [1.165, 1.54) is 46.9 Å². The molecule has 20 heteroatoms. The van der Waals surface area contributed by atoms with Gasteiger partial charge in [-0.1, -0.05) is 132 Å². The van der Waals surface area contributed by atoms with Gasteiger partial charge in [-0.15, -0.1) is 23.1 Å². The molecule has 342 valence electrons. The van der Waals surface area contributed by atoms with Crippen molar-refractivity contribution in [3.8, 4) is 5.75 Å². The normalized spacial score (nSPS) is 17.5. The van der Waals surface area contributed by atoms with Crippen LogP contribution in [0.4, 0.5) is 5.13 Å². The van der Waals surface area contributed by atoms with Crippen molar-refractivity contribution < 1.29 is 38.6 Å². The van der Waals surface area contributed by atoms with Crippen molar-refractivity contribution in [3.63, 3.8) is 0 Å². The summed E-state index contributed by atoms with van der Waals surface area (Å²) in [6, 6.07) is 36.2. The van der Waals surface area contributed by atoms with E-state index in [2.05, 4.69) is 61.5 Å². The molecular weight excluding hydrogens is 951 g/mol. The molecular formula is C47H41N7O8S5. The lowest BCUT2D eigenvalue weighted by atomic mass is 9.77. The molecule has 1 saturated heterocycles. The van der Waals surface area contributed by atoms with Gasteiger partial charge in [-0.2, -0.15) is 4.37 Å². The minimum Gasteiger partial charge on any atom is -0.497 e. The number of benzene rings is 4. The highest BCUT2D eigenvalue weighted by Crippen LogP contribution is 2.52. The minimum absolute atomic E-state index is 0.0560. The average Bonchev–Trinajstić information content (AvgIpc) is 3.78. The molecule has 0 bridgehead atoms. The molecule has 3 aliphatic rings. The number of β-lactam (4-membered cyclic amide) rings is 1. The molecule has 1 saturated carbocycles. The second kappa shape index (κ2) is 20.0. The van der Waals surface area contributed by atoms with Crippen LogP contribution in [-0.2, 0) is 40.9 Å². The van der Waals surface area contributed by atoms with Crippen LogP contribution in [0, 0.1) is 0 Å². The first-order chi connectivity index (χ1) is 32.6. The van der Waals surface area contributed by atoms with E-state index in [1.807, 2.05) is 54.6 Å². The predicted molar refractivity (Wildman–Crippen MR) is 259 cm³/mol. The molecule has 2 aliphatic heterocycles. The zero-order valence-corrected chi connectivity index (χ0v) is 39.9. The predicted octanol–water partition coefficient (Wildman–Crippen LogP) is 7.66. The number of anilines is 1. The van der Waals surface area contributed by atoms with Gasteiger partial charge in [0.1, 0.15) is 52.6 Å². The number of methoxy groups -OCH3 is 1. The minimum atomic E-state index is -1.01. The van der Waals surface area contributed by atoms with Crippen LogP contribution in [0.15, 0.2) is 147 Å². The summed E-state index contributed by atoms with van der Waals surface area (Å²) >= 11 is 6.31. The SMILES string of the molecule is CO/N=C(\C(=O)NC1C(=O)N2C(C(=O)OCc3ccc(OC)cc3)=C(CSc3nc(SC4(C(=O)O)CC4)ns3)CS[C@H]12)c1csc(NC(c2ccccc2)(c2ccccc2)c2ccccc2)n1. The Morgan fingerprint density at radius 3 is 2.13 bits per heavy atom. The van der Waals surface area contributed by atoms with Crippen LogP contribution >= 0.6 is 58.2 Å². The average molecular weight is 992 g/mol. The lowest BCUT2D eigenvalue weighted by Gasteiger charge is -2.49. The largest absolute Gasteiger partial charge is 0.497 e. The third kappa shape index (κ3) is 9.53. The second-order valence-corrected chi connectivity index (χ2v) is 20.7. The zero-order valence-electron chi connectivity index (χ0n) is 35.8. The third-order valence-electron chi connectivity index (χ3n) is 11.3. The smallest absolute Gasteiger partial charge is 0.355 e. The molecule has 0 radical (unpaired) electrons. The second-order valence-electron chi connectivity index (χ2n) is 15.4. The van der Waals surface area contributed by atoms with Crippen molar-refractivity contribution in [2.24, 2.45) is 5.16 Å². The first-order valence-corrected chi connectivity index (χ1v) is 25.3. The zero-order chi connectivity index (χ0) is 46.5. The summed E-state index contributed by atoms with van der Waals surface area (Å²) in [6.45, 7) is -0.0560. The molecule has 2 atom stereocenters. The summed E-state index contributed by atoms with van der Waals surface area (Å²) < 4.78 is 15.1. The van der Waals surface area contributed by atoms with Gasteiger partial charge in [0.25, 0.3) is 11.8 Å². The number of carbonyl (C=O) groups excluding carboxylic acids is 3. The Labute approximate surface area is 406 Å². The summed E-state index contributed by atoms with van der Waals surface area (Å²) in [6.07, 6.45) is 1.11. The quantitative estimate of drug-likeness (QED) is 0.0179. The molecule has 4 aromatic carbocycles. The number of thioether (sulfide) groups is 3. The number of carbonyl (C=O) groups is 4. The van der Waals surface area contributed by atoms with E-state index >= 15 is 0 Å². The van der Waals surface area contributed by atoms with Crippen molar-refractivity contribution in [2.75, 3.05) is 31.0 Å². The van der Waals surface area contributed by atoms with E-state index in [4.69, 9.17) is 19.3 Å². The number of carboxylic acids is 1. The van der Waals surface area contributed by atoms with Crippen LogP contribution in [0.2, 0.25) is 0 Å². The van der Waals surface area contributed by atoms with Gasteiger partial charge >= 0.3 is 11.9 Å². The van der Waals surface area contributed by atoms with Crippen LogP contribution in [0.3, 0.4) is 0 Å². The van der Waals surface area contributed by atoms with Crippen LogP contribution in [0.1, 0.15) is 40.8 Å². The first-order valence-electron chi connectivity index (χ1n) is 20.8. The van der Waals surface area contributed by atoms with Gasteiger partial charge in [0.05, 0.1) is 7.11 Å². The summed E-state index contributed by atoms with van der Waals surface area (Å²) in [4.78, 5) is 70.1. The first kappa shape index (κ1) is 45.9. The highest BCUT2D eigenvalue weighted by molar-refractivity contribution is 8.02. The third-order valence-corrected chi connectivity index (χ3v) is 16.7. The maximum Gasteiger partial charge on any atom is 0.355 e. The Kier molecular flexibility index (Phi) is 13.7. The molecule has 6 aromatic rings. The summed E-state index contributed by atoms with van der Waals surface area (Å²) in [5, 5.41) is 22.2. The Balaban J connectivity index is 0.939. The van der Waals surface area contributed by atoms with E-state index in [9.17, 15) is 24.3 Å². The van der Waals surface area contributed by atoms with Crippen LogP contribution in [-0.4, -0.2) is 95.7 Å². The van der Waals surface area contributed by atoms with E-state index in [-0.39, 0.29) is 29.5 Å². The standard InChI is InChI=1S/C47H41N7O8S5/c1-60-33-20-18-28(19-21-33)24-62-41(57)37-29(26-65-45-50-44(53-67-45)66-46(22-23-46)42(58)59)25-63-40-36(39(56)54(37)40)49-38(55)35(52-61-2)34-27-64-43(48-34)51-47(30-12-6-3-7-13-30,31-14-8-4-9-15-31)32-16-10-5-11-17-32/h3-21,27,36,40H,22-26H2,1-2H3,(H,48,51)(H,49,55)(H,58,59)/b52-35-/t36?,40-/m1/s1. The fourth-order valence-corrected chi connectivity index (χ4v) is 12.7. The molecule has 3 N–H and O–H groups in total. The molecule has 2 amide bonds. The number of nitrogens with one attached hydrogen (secondary N) is 2. The summed E-state index contributed by atoms with van der Waals surface area (Å²) in [5.74, 6) is -1.49. The van der Waals surface area contributed by atoms with Crippen molar-refractivity contribution in [1.82, 2.24) is 24.6 Å². The number of aromatic nitrogens is 3. The number of hydrogen-bond donors (Lipinski definition) is 3. The number of carboxylic acid groups (broad SMARTS) is 1. The summed E-state index contributed by atoms with van der Waals surface area (Å²) in [5.41, 5.74) is 3.58. The number of hydrogen-bond acceptors (Lipinski definition) is 17. The molecule has 1 unspecified atom stereocenters. The molecule has 2 fully saturated rings. The highest BCUT2D eigenvalue weighted by atomic mass is 32.2. The van der Waals surface area contributed by atoms with Gasteiger partial charge < -0.3 is 30.1 Å². The maximum absolute atomic E-state index is 14.2. The summed E-state index contributed by atoms with van der Waals surface area (Å²) in [7, 11) is 2.89. The number of thiazole rings is 1. The monoisotopic (exact) mass is 991 g/mol. The maximum atomic E-state index is 14.2. The van der Waals surface area contributed by atoms with E-state index < -0.39 is 45.5 Å². The number of ether oxygens (including phenoxy) is 2. The van der Waals surface area contributed by atoms with Crippen LogP contribution in [0.5, 0.6) is 5.75 Å². The number of nitrogens with zero attached hydrogens (tertiary/aromatic N) is 5. The highest BCUT2D eigenvalue weighted by Gasteiger charge is 2.55. The number of oxime groups is 1. The Morgan fingerprint density at radius 1 is 0.910 bits per heavy atom. The van der Waals surface area contributed by atoms with Gasteiger partial charge in [0.2, 0.25) is 5.16 Å². The fourth-order valence-electron chi connectivity index (χ4n) is 7.70. The molecule has 4 heterocycles. The number of rotatable bonds is 19. The van der Waals surface area contributed by atoms with Crippen LogP contribution in [0.25, 0.3) is 0 Å². The lowest BCUT2D eigenvalue weighted by Crippen LogP contribution is -2.71. The number of amides is 2. The van der Waals surface area contributed by atoms with Gasteiger partial charge in [-0.3, -0.25) is 19.3 Å². The Bertz CT molecular complexity index is 2740.